The summed E-state index contributed by atoms with van der Waals surface area (Å²) >= 11 is 5.69. The van der Waals surface area contributed by atoms with Crippen molar-refractivity contribution >= 4 is 12.2 Å². The van der Waals surface area contributed by atoms with E-state index in [1.54, 1.807) is 14.2 Å². The molecule has 1 aliphatic heterocycles. The zero-order valence-corrected chi connectivity index (χ0v) is 16.6. The lowest BCUT2D eigenvalue weighted by atomic mass is 9.99. The normalized spacial score (nSPS) is 19.3. The van der Waals surface area contributed by atoms with Gasteiger partial charge in [0.25, 0.3) is 0 Å². The number of quaternary nitrogens is 1. The van der Waals surface area contributed by atoms with Crippen LogP contribution in [0.1, 0.15) is 42.6 Å². The number of fused-ring (bicyclic) bond motifs is 1. The Morgan fingerprint density at radius 1 is 1.19 bits per heavy atom. The maximum absolute atomic E-state index is 5.69. The Kier molecular flexibility index (Phi) is 4.75. The highest BCUT2D eigenvalue weighted by Gasteiger charge is 2.30. The summed E-state index contributed by atoms with van der Waals surface area (Å²) in [4.78, 5) is 1.48. The van der Waals surface area contributed by atoms with Gasteiger partial charge in [0.15, 0.2) is 18.2 Å². The average Bonchev–Trinajstić information content (AvgIpc) is 3.46. The van der Waals surface area contributed by atoms with Gasteiger partial charge < -0.3 is 18.9 Å². The predicted octanol–water partition coefficient (Wildman–Crippen LogP) is 1.93. The van der Waals surface area contributed by atoms with Gasteiger partial charge in [-0.15, -0.1) is 0 Å². The van der Waals surface area contributed by atoms with Crippen molar-refractivity contribution in [2.24, 2.45) is 0 Å². The lowest BCUT2D eigenvalue weighted by Crippen LogP contribution is -3.11. The van der Waals surface area contributed by atoms with Crippen LogP contribution >= 0.6 is 12.2 Å². The second kappa shape index (κ2) is 7.04. The summed E-state index contributed by atoms with van der Waals surface area (Å²) in [5.41, 5.74) is 2.68. The molecule has 1 atom stereocenters. The highest BCUT2D eigenvalue weighted by Crippen LogP contribution is 2.39. The fourth-order valence-electron chi connectivity index (χ4n) is 3.88. The summed E-state index contributed by atoms with van der Waals surface area (Å²) in [6, 6.07) is 4.24. The first-order chi connectivity index (χ1) is 12.6. The van der Waals surface area contributed by atoms with Crippen molar-refractivity contribution in [3.05, 3.63) is 33.9 Å². The number of nitrogens with zero attached hydrogens (tertiary/aromatic N) is 3. The molecule has 2 aliphatic rings. The van der Waals surface area contributed by atoms with E-state index in [4.69, 9.17) is 26.8 Å². The minimum atomic E-state index is 0.617. The molecule has 1 N–H and O–H groups in total. The second-order valence-corrected chi connectivity index (χ2v) is 7.58. The summed E-state index contributed by atoms with van der Waals surface area (Å²) in [7, 11) is 3.38. The van der Waals surface area contributed by atoms with E-state index in [0.29, 0.717) is 5.92 Å². The molecule has 1 saturated carbocycles. The molecule has 140 valence electrons. The van der Waals surface area contributed by atoms with Crippen LogP contribution in [0.5, 0.6) is 11.5 Å². The van der Waals surface area contributed by atoms with Gasteiger partial charge in [-0.25, -0.2) is 0 Å². The van der Waals surface area contributed by atoms with Gasteiger partial charge in [0.1, 0.15) is 12.4 Å². The van der Waals surface area contributed by atoms with Crippen LogP contribution in [-0.2, 0) is 26.2 Å². The average molecular weight is 376 g/mol. The van der Waals surface area contributed by atoms with Crippen molar-refractivity contribution in [3.8, 4) is 11.5 Å². The first kappa shape index (κ1) is 17.5. The number of hydrogen-bond acceptors (Lipinski definition) is 4. The van der Waals surface area contributed by atoms with Gasteiger partial charge in [-0.2, -0.15) is 9.78 Å². The molecule has 6 nitrogen and oxygen atoms in total. The summed E-state index contributed by atoms with van der Waals surface area (Å²) in [5.74, 6) is 3.41. The lowest BCUT2D eigenvalue weighted by Gasteiger charge is -2.26. The Labute approximate surface area is 159 Å². The third kappa shape index (κ3) is 3.14. The standard InChI is InChI=1S/C19H26N4O2S/c1-4-22-18(13-5-6-13)20-23(19(22)26)12-21-8-7-14-9-16(24-2)17(25-3)10-15(14)11-21/h9-10,13H,4-8,11-12H2,1-3H3/p+1. The molecule has 1 unspecified atom stereocenters. The van der Waals surface area contributed by atoms with Crippen LogP contribution in [0.15, 0.2) is 12.1 Å². The summed E-state index contributed by atoms with van der Waals surface area (Å²) in [6.07, 6.45) is 3.52. The largest absolute Gasteiger partial charge is 0.493 e. The van der Waals surface area contributed by atoms with Crippen LogP contribution in [0.4, 0.5) is 0 Å². The van der Waals surface area contributed by atoms with Crippen molar-refractivity contribution in [1.29, 1.82) is 0 Å². The molecule has 2 aromatic rings. The Morgan fingerprint density at radius 3 is 2.50 bits per heavy atom. The van der Waals surface area contributed by atoms with Gasteiger partial charge >= 0.3 is 0 Å². The van der Waals surface area contributed by atoms with E-state index in [1.807, 2.05) is 4.68 Å². The number of aromatic nitrogens is 3. The molecule has 0 amide bonds. The van der Waals surface area contributed by atoms with E-state index in [-0.39, 0.29) is 0 Å². The first-order valence-electron chi connectivity index (χ1n) is 9.39. The Balaban J connectivity index is 1.55. The molecular formula is C19H27N4O2S+. The van der Waals surface area contributed by atoms with E-state index >= 15 is 0 Å². The van der Waals surface area contributed by atoms with Crippen molar-refractivity contribution in [2.45, 2.75) is 51.9 Å². The molecule has 0 bridgehead atoms. The number of methoxy groups -OCH3 is 2. The zero-order valence-electron chi connectivity index (χ0n) is 15.7. The maximum atomic E-state index is 5.69. The van der Waals surface area contributed by atoms with E-state index in [2.05, 4.69) is 23.6 Å². The topological polar surface area (TPSA) is 45.7 Å². The molecule has 26 heavy (non-hydrogen) atoms. The zero-order chi connectivity index (χ0) is 18.3. The van der Waals surface area contributed by atoms with E-state index in [0.717, 1.165) is 49.0 Å². The molecular weight excluding hydrogens is 348 g/mol. The molecule has 1 aromatic carbocycles. The van der Waals surface area contributed by atoms with Gasteiger partial charge in [-0.05, 0) is 49.7 Å². The van der Waals surface area contributed by atoms with Crippen molar-refractivity contribution in [1.82, 2.24) is 14.3 Å². The number of hydrogen-bond donors (Lipinski definition) is 1. The number of benzene rings is 1. The molecule has 4 rings (SSSR count). The molecule has 1 aromatic heterocycles. The molecule has 1 aliphatic carbocycles. The third-order valence-corrected chi connectivity index (χ3v) is 5.91. The Morgan fingerprint density at radius 2 is 1.88 bits per heavy atom. The minimum absolute atomic E-state index is 0.617. The molecule has 0 spiro atoms. The summed E-state index contributed by atoms with van der Waals surface area (Å²) < 4.78 is 16.0. The highest BCUT2D eigenvalue weighted by molar-refractivity contribution is 7.71. The first-order valence-corrected chi connectivity index (χ1v) is 9.80. The smallest absolute Gasteiger partial charge is 0.202 e. The summed E-state index contributed by atoms with van der Waals surface area (Å²) in [5, 5.41) is 4.86. The second-order valence-electron chi connectivity index (χ2n) is 7.22. The number of ether oxygens (including phenoxy) is 2. The lowest BCUT2D eigenvalue weighted by molar-refractivity contribution is -0.939. The van der Waals surface area contributed by atoms with E-state index in [9.17, 15) is 0 Å². The van der Waals surface area contributed by atoms with Crippen molar-refractivity contribution in [2.75, 3.05) is 20.8 Å². The van der Waals surface area contributed by atoms with Crippen LogP contribution in [0.3, 0.4) is 0 Å². The Bertz CT molecular complexity index is 869. The molecule has 7 heteroatoms. The quantitative estimate of drug-likeness (QED) is 0.784. The van der Waals surface area contributed by atoms with E-state index < -0.39 is 0 Å². The van der Waals surface area contributed by atoms with Crippen LogP contribution in [-0.4, -0.2) is 35.1 Å². The fourth-order valence-corrected chi connectivity index (χ4v) is 4.21. The fraction of sp³-hybridized carbons (Fsp3) is 0.579. The molecule has 2 heterocycles. The van der Waals surface area contributed by atoms with Gasteiger partial charge in [0.2, 0.25) is 4.77 Å². The van der Waals surface area contributed by atoms with Gasteiger partial charge in [0.05, 0.1) is 20.8 Å². The predicted molar refractivity (Wildman–Crippen MR) is 101 cm³/mol. The van der Waals surface area contributed by atoms with Crippen molar-refractivity contribution < 1.29 is 14.4 Å². The minimum Gasteiger partial charge on any atom is -0.493 e. The monoisotopic (exact) mass is 375 g/mol. The number of rotatable bonds is 6. The third-order valence-electron chi connectivity index (χ3n) is 5.48. The van der Waals surface area contributed by atoms with Gasteiger partial charge in [0, 0.05) is 24.4 Å². The molecule has 0 radical (unpaired) electrons. The number of nitrogens with one attached hydrogen (secondary N) is 1. The van der Waals surface area contributed by atoms with Gasteiger partial charge in [-0.3, -0.25) is 0 Å². The van der Waals surface area contributed by atoms with E-state index in [1.165, 1.54) is 34.7 Å². The van der Waals surface area contributed by atoms with Crippen LogP contribution in [0.2, 0.25) is 0 Å². The van der Waals surface area contributed by atoms with Crippen LogP contribution in [0, 0.1) is 4.77 Å². The SMILES string of the molecule is CCn1c(C2CC2)nn(C[NH+]2CCc3cc(OC)c(OC)cc3C2)c1=S. The highest BCUT2D eigenvalue weighted by atomic mass is 32.1. The molecule has 0 saturated heterocycles. The van der Waals surface area contributed by atoms with Crippen molar-refractivity contribution in [3.63, 3.8) is 0 Å². The van der Waals surface area contributed by atoms with Crippen LogP contribution in [0.25, 0.3) is 0 Å². The molecule has 1 fully saturated rings. The van der Waals surface area contributed by atoms with Crippen LogP contribution < -0.4 is 14.4 Å². The maximum Gasteiger partial charge on any atom is 0.202 e. The van der Waals surface area contributed by atoms with Gasteiger partial charge in [-0.1, -0.05) is 0 Å². The summed E-state index contributed by atoms with van der Waals surface area (Å²) in [6.45, 7) is 5.90. The Hall–Kier alpha value is -1.86.